The number of carbonyl (C=O) groups excluding carboxylic acids is 1. The largest absolute Gasteiger partial charge is 0.366 e. The maximum absolute atomic E-state index is 12.2. The van der Waals surface area contributed by atoms with Crippen molar-refractivity contribution in [2.45, 2.75) is 18.0 Å². The molecule has 7 nitrogen and oxygen atoms in total. The molecule has 2 rings (SSSR count). The highest BCUT2D eigenvalue weighted by Gasteiger charge is 2.15. The number of hydrogen-bond donors (Lipinski definition) is 2. The summed E-state index contributed by atoms with van der Waals surface area (Å²) in [6.45, 7) is 0.512. The molecule has 0 aliphatic carbocycles. The van der Waals surface area contributed by atoms with Gasteiger partial charge in [0.05, 0.1) is 29.0 Å². The maximum Gasteiger partial charge on any atom is 0.251 e. The second-order valence-electron chi connectivity index (χ2n) is 4.52. The first-order chi connectivity index (χ1) is 9.92. The fourth-order valence-electron chi connectivity index (χ4n) is 1.78. The molecule has 0 fully saturated rings. The van der Waals surface area contributed by atoms with E-state index in [1.807, 2.05) is 0 Å². The number of rotatable bonds is 6. The molecule has 112 valence electrons. The van der Waals surface area contributed by atoms with E-state index in [1.54, 1.807) is 12.1 Å². The molecule has 0 saturated carbocycles. The van der Waals surface area contributed by atoms with Crippen LogP contribution in [-0.2, 0) is 22.9 Å². The summed E-state index contributed by atoms with van der Waals surface area (Å²) in [6.07, 6.45) is 2.74. The molecule has 1 amide bonds. The zero-order valence-electron chi connectivity index (χ0n) is 11.3. The second kappa shape index (κ2) is 6.06. The van der Waals surface area contributed by atoms with Gasteiger partial charge in [0.15, 0.2) is 9.84 Å². The summed E-state index contributed by atoms with van der Waals surface area (Å²) in [4.78, 5) is 11.2. The quantitative estimate of drug-likeness (QED) is 0.772. The van der Waals surface area contributed by atoms with Gasteiger partial charge in [0.25, 0.3) is 5.91 Å². The molecule has 0 radical (unpaired) electrons. The van der Waals surface area contributed by atoms with E-state index in [9.17, 15) is 13.2 Å². The molecule has 1 aromatic carbocycles. The Morgan fingerprint density at radius 1 is 1.24 bits per heavy atom. The lowest BCUT2D eigenvalue weighted by Crippen LogP contribution is -2.14. The van der Waals surface area contributed by atoms with Gasteiger partial charge in [0.2, 0.25) is 0 Å². The highest BCUT2D eigenvalue weighted by atomic mass is 32.2. The predicted octanol–water partition coefficient (Wildman–Crippen LogP) is -0.0854. The molecule has 0 atom stereocenters. The Morgan fingerprint density at radius 3 is 2.43 bits per heavy atom. The lowest BCUT2D eigenvalue weighted by molar-refractivity contribution is 0.1000. The number of sulfone groups is 1. The van der Waals surface area contributed by atoms with Crippen LogP contribution in [0.1, 0.15) is 15.9 Å². The van der Waals surface area contributed by atoms with Crippen LogP contribution in [0.4, 0.5) is 0 Å². The van der Waals surface area contributed by atoms with Gasteiger partial charge in [-0.25, -0.2) is 8.42 Å². The summed E-state index contributed by atoms with van der Waals surface area (Å²) in [5.41, 5.74) is 11.7. The Balaban J connectivity index is 2.07. The van der Waals surface area contributed by atoms with Gasteiger partial charge in [-0.05, 0) is 17.7 Å². The number of primary amides is 1. The third-order valence-corrected chi connectivity index (χ3v) is 4.74. The van der Waals surface area contributed by atoms with E-state index in [2.05, 4.69) is 5.10 Å². The molecule has 0 saturated heterocycles. The normalized spacial score (nSPS) is 11.5. The minimum atomic E-state index is -3.41. The van der Waals surface area contributed by atoms with Crippen molar-refractivity contribution in [1.29, 1.82) is 0 Å². The zero-order chi connectivity index (χ0) is 15.5. The maximum atomic E-state index is 12.2. The van der Waals surface area contributed by atoms with E-state index in [4.69, 9.17) is 11.5 Å². The van der Waals surface area contributed by atoms with Crippen LogP contribution >= 0.6 is 0 Å². The molecule has 21 heavy (non-hydrogen) atoms. The van der Waals surface area contributed by atoms with Crippen LogP contribution in [-0.4, -0.2) is 29.9 Å². The van der Waals surface area contributed by atoms with Crippen molar-refractivity contribution < 1.29 is 13.2 Å². The number of benzene rings is 1. The van der Waals surface area contributed by atoms with E-state index >= 15 is 0 Å². The Hall–Kier alpha value is -2.19. The number of amides is 1. The molecule has 1 heterocycles. The van der Waals surface area contributed by atoms with Gasteiger partial charge in [0.1, 0.15) is 0 Å². The summed E-state index contributed by atoms with van der Waals surface area (Å²) in [6, 6.07) is 6.45. The smallest absolute Gasteiger partial charge is 0.251 e. The summed E-state index contributed by atoms with van der Waals surface area (Å²) < 4.78 is 25.7. The molecule has 8 heteroatoms. The molecule has 1 aromatic heterocycles. The molecule has 0 spiro atoms. The van der Waals surface area contributed by atoms with E-state index in [0.717, 1.165) is 5.56 Å². The molecule has 2 aromatic rings. The number of nitrogens with two attached hydrogens (primary N) is 2. The van der Waals surface area contributed by atoms with E-state index < -0.39 is 15.7 Å². The standard InChI is InChI=1S/C13H16N4O3S/c14-7-10-1-3-12(4-2-10)21(19,20)6-5-17-9-11(8-16-17)13(15)18/h1-4,8-9H,5-7,14H2,(H2,15,18). The predicted molar refractivity (Wildman–Crippen MR) is 77.1 cm³/mol. The molecular weight excluding hydrogens is 292 g/mol. The van der Waals surface area contributed by atoms with Crippen molar-refractivity contribution in [3.05, 3.63) is 47.8 Å². The summed E-state index contributed by atoms with van der Waals surface area (Å²) in [5, 5.41) is 3.90. The Labute approximate surface area is 122 Å². The van der Waals surface area contributed by atoms with Crippen LogP contribution in [0.2, 0.25) is 0 Å². The van der Waals surface area contributed by atoms with Crippen LogP contribution < -0.4 is 11.5 Å². The average molecular weight is 308 g/mol. The monoisotopic (exact) mass is 308 g/mol. The van der Waals surface area contributed by atoms with Gasteiger partial charge in [-0.1, -0.05) is 12.1 Å². The fourth-order valence-corrected chi connectivity index (χ4v) is 2.99. The zero-order valence-corrected chi connectivity index (χ0v) is 12.1. The first-order valence-corrected chi connectivity index (χ1v) is 7.91. The highest BCUT2D eigenvalue weighted by Crippen LogP contribution is 2.13. The minimum Gasteiger partial charge on any atom is -0.366 e. The molecule has 0 unspecified atom stereocenters. The Bertz CT molecular complexity index is 735. The first-order valence-electron chi connectivity index (χ1n) is 6.26. The van der Waals surface area contributed by atoms with Crippen molar-refractivity contribution in [1.82, 2.24) is 9.78 Å². The first kappa shape index (κ1) is 15.2. The molecular formula is C13H16N4O3S. The summed E-state index contributed by atoms with van der Waals surface area (Å²) >= 11 is 0. The lowest BCUT2D eigenvalue weighted by Gasteiger charge is -2.05. The van der Waals surface area contributed by atoms with Crippen LogP contribution in [0.15, 0.2) is 41.6 Å². The third kappa shape index (κ3) is 3.67. The van der Waals surface area contributed by atoms with E-state index in [-0.39, 0.29) is 22.8 Å². The van der Waals surface area contributed by atoms with Crippen LogP contribution in [0.3, 0.4) is 0 Å². The summed E-state index contributed by atoms with van der Waals surface area (Å²) in [7, 11) is -3.41. The Kier molecular flexibility index (Phi) is 4.39. The number of aryl methyl sites for hydroxylation is 1. The minimum absolute atomic E-state index is 0.116. The van der Waals surface area contributed by atoms with E-state index in [1.165, 1.54) is 29.2 Å². The van der Waals surface area contributed by atoms with Crippen molar-refractivity contribution in [3.63, 3.8) is 0 Å². The Morgan fingerprint density at radius 2 is 1.90 bits per heavy atom. The van der Waals surface area contributed by atoms with Crippen molar-refractivity contribution >= 4 is 15.7 Å². The molecule has 4 N–H and O–H groups in total. The fraction of sp³-hybridized carbons (Fsp3) is 0.231. The number of aromatic nitrogens is 2. The van der Waals surface area contributed by atoms with Crippen LogP contribution in [0, 0.1) is 0 Å². The van der Waals surface area contributed by atoms with Crippen LogP contribution in [0.5, 0.6) is 0 Å². The number of hydrogen-bond acceptors (Lipinski definition) is 5. The van der Waals surface area contributed by atoms with Gasteiger partial charge in [-0.2, -0.15) is 5.10 Å². The SMILES string of the molecule is NCc1ccc(S(=O)(=O)CCn2cc(C(N)=O)cn2)cc1. The van der Waals surface area contributed by atoms with Gasteiger partial charge >= 0.3 is 0 Å². The summed E-state index contributed by atoms with van der Waals surface area (Å²) in [5.74, 6) is -0.712. The molecule has 0 bridgehead atoms. The van der Waals surface area contributed by atoms with Crippen molar-refractivity contribution in [3.8, 4) is 0 Å². The van der Waals surface area contributed by atoms with Crippen molar-refractivity contribution in [2.24, 2.45) is 11.5 Å². The van der Waals surface area contributed by atoms with E-state index in [0.29, 0.717) is 6.54 Å². The van der Waals surface area contributed by atoms with Gasteiger partial charge in [-0.3, -0.25) is 9.48 Å². The van der Waals surface area contributed by atoms with Gasteiger partial charge in [0, 0.05) is 12.7 Å². The lowest BCUT2D eigenvalue weighted by atomic mass is 10.2. The van der Waals surface area contributed by atoms with Crippen molar-refractivity contribution in [2.75, 3.05) is 5.75 Å². The second-order valence-corrected chi connectivity index (χ2v) is 6.63. The number of nitrogens with zero attached hydrogens (tertiary/aromatic N) is 2. The van der Waals surface area contributed by atoms with Crippen LogP contribution in [0.25, 0.3) is 0 Å². The van der Waals surface area contributed by atoms with Gasteiger partial charge in [-0.15, -0.1) is 0 Å². The molecule has 0 aliphatic heterocycles. The topological polar surface area (TPSA) is 121 Å². The third-order valence-electron chi connectivity index (χ3n) is 3.03. The average Bonchev–Trinajstić information content (AvgIpc) is 2.94. The molecule has 0 aliphatic rings. The highest BCUT2D eigenvalue weighted by molar-refractivity contribution is 7.91. The van der Waals surface area contributed by atoms with Gasteiger partial charge < -0.3 is 11.5 Å². The number of carbonyl (C=O) groups is 1.